The summed E-state index contributed by atoms with van der Waals surface area (Å²) in [5, 5.41) is 14.6. The Bertz CT molecular complexity index is 2010. The number of sulfone groups is 1. The highest BCUT2D eigenvalue weighted by molar-refractivity contribution is 7.91. The molecule has 2 aromatic rings. The van der Waals surface area contributed by atoms with Crippen LogP contribution in [0.5, 0.6) is 5.88 Å². The number of rotatable bonds is 13. The van der Waals surface area contributed by atoms with E-state index >= 15 is 0 Å². The summed E-state index contributed by atoms with van der Waals surface area (Å²) in [6.07, 6.45) is -0.789. The molecule has 2 bridgehead atoms. The Kier molecular flexibility index (Phi) is 10.7. The molecule has 18 heteroatoms. The normalized spacial score (nSPS) is 29.5. The lowest BCUT2D eigenvalue weighted by Crippen LogP contribution is -2.71. The van der Waals surface area contributed by atoms with Crippen molar-refractivity contribution < 1.29 is 70.4 Å². The monoisotopic (exact) mass is 786 g/mol. The molecule has 17 nitrogen and oxygen atoms in total. The van der Waals surface area contributed by atoms with Gasteiger partial charge >= 0.3 is 34.8 Å². The van der Waals surface area contributed by atoms with E-state index in [4.69, 9.17) is 23.7 Å². The number of esters is 4. The van der Waals surface area contributed by atoms with E-state index < -0.39 is 109 Å². The van der Waals surface area contributed by atoms with Gasteiger partial charge in [-0.25, -0.2) is 8.42 Å². The van der Waals surface area contributed by atoms with Crippen LogP contribution >= 0.6 is 0 Å². The molecule has 2 spiro atoms. The molecule has 3 aliphatic carbocycles. The Morgan fingerprint density at radius 2 is 1.76 bits per heavy atom. The number of cyclic esters (lactones) is 1. The van der Waals surface area contributed by atoms with Crippen molar-refractivity contribution >= 4 is 45.8 Å². The van der Waals surface area contributed by atoms with Gasteiger partial charge in [-0.2, -0.15) is 0 Å². The average Bonchev–Trinajstić information content (AvgIpc) is 3.57. The van der Waals surface area contributed by atoms with Crippen molar-refractivity contribution in [2.75, 3.05) is 19.8 Å². The first-order valence-corrected chi connectivity index (χ1v) is 19.4. The maximum atomic E-state index is 14.2. The van der Waals surface area contributed by atoms with Gasteiger partial charge in [0.2, 0.25) is 0 Å². The second-order valence-corrected chi connectivity index (χ2v) is 16.9. The molecule has 4 aliphatic rings. The van der Waals surface area contributed by atoms with Crippen molar-refractivity contribution in [2.45, 2.75) is 87.8 Å². The number of fused-ring (bicyclic) bond motifs is 2. The van der Waals surface area contributed by atoms with E-state index in [1.165, 1.54) is 31.2 Å². The maximum absolute atomic E-state index is 14.2. The second kappa shape index (κ2) is 14.8. The molecule has 1 aromatic carbocycles. The van der Waals surface area contributed by atoms with Gasteiger partial charge in [-0.3, -0.25) is 28.6 Å². The van der Waals surface area contributed by atoms with Gasteiger partial charge in [0.1, 0.15) is 25.1 Å². The summed E-state index contributed by atoms with van der Waals surface area (Å²) in [6.45, 7) is 8.31. The topological polar surface area (TPSA) is 236 Å². The van der Waals surface area contributed by atoms with Gasteiger partial charge in [-0.05, 0) is 59.6 Å². The molecular formula is C37H42N2O15S. The van der Waals surface area contributed by atoms with Gasteiger partial charge in [0, 0.05) is 25.2 Å². The van der Waals surface area contributed by atoms with E-state index in [0.717, 1.165) is 6.29 Å². The Morgan fingerprint density at radius 1 is 1.05 bits per heavy atom. The van der Waals surface area contributed by atoms with Crippen LogP contribution in [0.3, 0.4) is 0 Å². The van der Waals surface area contributed by atoms with Crippen LogP contribution in [0.1, 0.15) is 65.7 Å². The number of Topliss-reactive ketones (excluding diaryl/α,β-unsaturated/α-hetero) is 1. The van der Waals surface area contributed by atoms with Crippen LogP contribution in [-0.4, -0.2) is 81.5 Å². The molecule has 7 atom stereocenters. The van der Waals surface area contributed by atoms with E-state index in [0.29, 0.717) is 19.3 Å². The zero-order chi connectivity index (χ0) is 39.9. The molecule has 2 heterocycles. The Balaban J connectivity index is 1.09. The van der Waals surface area contributed by atoms with Crippen molar-refractivity contribution in [3.05, 3.63) is 47.7 Å². The number of benzene rings is 1. The molecule has 1 saturated heterocycles. The van der Waals surface area contributed by atoms with Crippen molar-refractivity contribution in [3.8, 4) is 5.88 Å². The van der Waals surface area contributed by atoms with Crippen molar-refractivity contribution in [2.24, 2.45) is 34.0 Å². The lowest BCUT2D eigenvalue weighted by atomic mass is 9.43. The van der Waals surface area contributed by atoms with Gasteiger partial charge in [0.15, 0.2) is 11.2 Å². The molecule has 1 aromatic heterocycles. The second-order valence-electron chi connectivity index (χ2n) is 15.1. The minimum Gasteiger partial charge on any atom is -0.466 e. The van der Waals surface area contributed by atoms with Crippen LogP contribution in [0.25, 0.3) is 0 Å². The predicted octanol–water partition coefficient (Wildman–Crippen LogP) is 2.41. The smallest absolute Gasteiger partial charge is 0.414 e. The zero-order valence-electron chi connectivity index (χ0n) is 30.6. The van der Waals surface area contributed by atoms with E-state index in [2.05, 4.69) is 16.4 Å². The SMILES string of the molecule is C=C1C(=O)[C@@]23C(=O)OC[C@@]4(C2CC[C@@H]1[C@H]3OC(=O)CCC(=O)OCCCOc1no[n+]([O-])c1S(=O)(=O)c1ccccc1)[C@@H](OC(C)=O)CCC(C)(C)[C@H]4C=O. The molecule has 1 unspecified atom stereocenters. The van der Waals surface area contributed by atoms with E-state index in [1.54, 1.807) is 6.07 Å². The highest BCUT2D eigenvalue weighted by Gasteiger charge is 2.79. The fourth-order valence-electron chi connectivity index (χ4n) is 9.24. The Morgan fingerprint density at radius 3 is 2.45 bits per heavy atom. The van der Waals surface area contributed by atoms with Crippen LogP contribution in [0, 0.1) is 39.2 Å². The lowest BCUT2D eigenvalue weighted by molar-refractivity contribution is -0.832. The quantitative estimate of drug-likeness (QED) is 0.0539. The van der Waals surface area contributed by atoms with Gasteiger partial charge in [0.25, 0.3) is 9.84 Å². The Labute approximate surface area is 316 Å². The summed E-state index contributed by atoms with van der Waals surface area (Å²) in [7, 11) is -4.32. The predicted molar refractivity (Wildman–Crippen MR) is 182 cm³/mol. The van der Waals surface area contributed by atoms with Crippen LogP contribution in [0.4, 0.5) is 0 Å². The van der Waals surface area contributed by atoms with Crippen molar-refractivity contribution in [3.63, 3.8) is 0 Å². The number of aldehydes is 1. The molecule has 0 N–H and O–H groups in total. The van der Waals surface area contributed by atoms with Gasteiger partial charge < -0.3 is 33.7 Å². The fraction of sp³-hybridized carbons (Fsp3) is 0.568. The summed E-state index contributed by atoms with van der Waals surface area (Å²) in [4.78, 5) is 78.8. The molecule has 1 aliphatic heterocycles. The van der Waals surface area contributed by atoms with Crippen molar-refractivity contribution in [1.29, 1.82) is 0 Å². The fourth-order valence-corrected chi connectivity index (χ4v) is 10.5. The van der Waals surface area contributed by atoms with Crippen LogP contribution in [-0.2, 0) is 57.6 Å². The van der Waals surface area contributed by atoms with E-state index in [-0.39, 0.29) is 48.0 Å². The molecule has 0 radical (unpaired) electrons. The van der Waals surface area contributed by atoms with Crippen LogP contribution in [0.15, 0.2) is 57.0 Å². The molecule has 3 saturated carbocycles. The molecule has 296 valence electrons. The van der Waals surface area contributed by atoms with E-state index in [1.807, 2.05) is 13.8 Å². The molecule has 6 rings (SSSR count). The lowest BCUT2D eigenvalue weighted by Gasteiger charge is -2.62. The summed E-state index contributed by atoms with van der Waals surface area (Å²) >= 11 is 0. The third kappa shape index (κ3) is 6.57. The zero-order valence-corrected chi connectivity index (χ0v) is 31.4. The van der Waals surface area contributed by atoms with Gasteiger partial charge in [-0.1, -0.05) is 38.6 Å². The highest BCUT2D eigenvalue weighted by Crippen LogP contribution is 2.68. The molecule has 55 heavy (non-hydrogen) atoms. The highest BCUT2D eigenvalue weighted by atomic mass is 32.2. The first-order chi connectivity index (χ1) is 26.0. The molecular weight excluding hydrogens is 744 g/mol. The minimum absolute atomic E-state index is 0.0431. The van der Waals surface area contributed by atoms with Crippen LogP contribution < -0.4 is 9.64 Å². The summed E-state index contributed by atoms with van der Waals surface area (Å²) in [6, 6.07) is 7.13. The average molecular weight is 787 g/mol. The minimum atomic E-state index is -4.32. The number of ether oxygens (including phenoxy) is 5. The summed E-state index contributed by atoms with van der Waals surface area (Å²) < 4.78 is 58.3. The number of carbonyl (C=O) groups is 6. The number of aromatic nitrogens is 2. The third-order valence-corrected chi connectivity index (χ3v) is 13.4. The molecule has 0 amide bonds. The number of hydrogen-bond acceptors (Lipinski definition) is 16. The first-order valence-electron chi connectivity index (χ1n) is 17.9. The number of ketones is 1. The van der Waals surface area contributed by atoms with E-state index in [9.17, 15) is 42.4 Å². The third-order valence-electron chi connectivity index (χ3n) is 11.6. The largest absolute Gasteiger partial charge is 0.466 e. The summed E-state index contributed by atoms with van der Waals surface area (Å²) in [5.41, 5.74) is -3.83. The van der Waals surface area contributed by atoms with Crippen molar-refractivity contribution in [1.82, 2.24) is 5.16 Å². The molecule has 4 fully saturated rings. The number of hydrogen-bond donors (Lipinski definition) is 0. The Hall–Kier alpha value is -5.13. The summed E-state index contributed by atoms with van der Waals surface area (Å²) in [5.74, 6) is -6.77. The van der Waals surface area contributed by atoms with Gasteiger partial charge in [-0.15, -0.1) is 0 Å². The van der Waals surface area contributed by atoms with Crippen LogP contribution in [0.2, 0.25) is 0 Å². The number of carbonyl (C=O) groups excluding carboxylic acids is 6. The standard InChI is InChI=1S/C37H42N2O15S/c1-21-24-11-12-25-36(26(19-40)35(3,4)16-15-27(36)52-22(2)41)20-51-34(45)37(25,30(21)44)31(24)53-29(43)14-13-28(42)49-17-8-18-50-32-33(39(46)54-38-32)55(47,48)23-9-6-5-7-10-23/h5-7,9-10,19,24-27,31H,1,8,11-18,20H2,2-4H3/t24-,25?,26+,27-,31+,36-,37-/m0/s1. The first kappa shape index (κ1) is 39.6. The maximum Gasteiger partial charge on any atom is 0.414 e. The van der Waals surface area contributed by atoms with Gasteiger partial charge in [0.05, 0.1) is 41.5 Å². The number of nitrogens with zero attached hydrogens (tertiary/aromatic N) is 2.